The molecule has 1 heterocycles. The summed E-state index contributed by atoms with van der Waals surface area (Å²) < 4.78 is 28.3. The average Bonchev–Trinajstić information content (AvgIpc) is 2.74. The molecule has 0 amide bonds. The van der Waals surface area contributed by atoms with Gasteiger partial charge in [0.05, 0.1) is 0 Å². The van der Waals surface area contributed by atoms with Gasteiger partial charge in [0.15, 0.2) is 0 Å². The molecule has 0 bridgehead atoms. The molecular formula is C28H40F2N2. The minimum Gasteiger partial charge on any atom is -0.301 e. The molecule has 0 spiro atoms. The number of aryl methyl sites for hydroxylation is 2. The predicted molar refractivity (Wildman–Crippen MR) is 130 cm³/mol. The SMILES string of the molecule is Cc1cccc(C)c1C(CN1CCCCC1)N(CCCc1c(F)cccc1F)CC(C)C. The van der Waals surface area contributed by atoms with Crippen LogP contribution < -0.4 is 0 Å². The monoisotopic (exact) mass is 442 g/mol. The third-order valence-corrected chi connectivity index (χ3v) is 6.73. The van der Waals surface area contributed by atoms with E-state index in [-0.39, 0.29) is 5.56 Å². The molecule has 1 fully saturated rings. The maximum Gasteiger partial charge on any atom is 0.129 e. The summed E-state index contributed by atoms with van der Waals surface area (Å²) in [6.07, 6.45) is 5.04. The molecular weight excluding hydrogens is 402 g/mol. The third kappa shape index (κ3) is 6.62. The lowest BCUT2D eigenvalue weighted by molar-refractivity contribution is 0.112. The first kappa shape index (κ1) is 24.9. The van der Waals surface area contributed by atoms with E-state index in [1.807, 2.05) is 0 Å². The van der Waals surface area contributed by atoms with E-state index in [2.05, 4.69) is 55.7 Å². The summed E-state index contributed by atoms with van der Waals surface area (Å²) in [6.45, 7) is 14.1. The molecule has 0 N–H and O–H groups in total. The number of nitrogens with zero attached hydrogens (tertiary/aromatic N) is 2. The van der Waals surface area contributed by atoms with Gasteiger partial charge in [-0.1, -0.05) is 44.5 Å². The van der Waals surface area contributed by atoms with Crippen LogP contribution in [-0.2, 0) is 6.42 Å². The molecule has 0 aromatic heterocycles. The summed E-state index contributed by atoms with van der Waals surface area (Å²) in [7, 11) is 0. The zero-order valence-corrected chi connectivity index (χ0v) is 20.3. The van der Waals surface area contributed by atoms with Gasteiger partial charge in [0.2, 0.25) is 0 Å². The molecule has 1 aliphatic rings. The molecule has 1 atom stereocenters. The van der Waals surface area contributed by atoms with Crippen LogP contribution >= 0.6 is 0 Å². The molecule has 3 rings (SSSR count). The van der Waals surface area contributed by atoms with Crippen LogP contribution in [0.15, 0.2) is 36.4 Å². The third-order valence-electron chi connectivity index (χ3n) is 6.73. The van der Waals surface area contributed by atoms with Crippen molar-refractivity contribution in [3.05, 3.63) is 70.3 Å². The first-order valence-electron chi connectivity index (χ1n) is 12.3. The highest BCUT2D eigenvalue weighted by Gasteiger charge is 2.27. The number of rotatable bonds is 10. The van der Waals surface area contributed by atoms with Crippen LogP contribution in [0, 0.1) is 31.4 Å². The minimum absolute atomic E-state index is 0.219. The van der Waals surface area contributed by atoms with Gasteiger partial charge in [0, 0.05) is 24.7 Å². The van der Waals surface area contributed by atoms with Gasteiger partial charge in [0.1, 0.15) is 11.6 Å². The Morgan fingerprint density at radius 3 is 2.09 bits per heavy atom. The highest BCUT2D eigenvalue weighted by atomic mass is 19.1. The van der Waals surface area contributed by atoms with Crippen LogP contribution in [0.25, 0.3) is 0 Å². The number of halogens is 2. The lowest BCUT2D eigenvalue weighted by Crippen LogP contribution is -2.42. The van der Waals surface area contributed by atoms with E-state index in [4.69, 9.17) is 0 Å². The van der Waals surface area contributed by atoms with Gasteiger partial charge in [-0.2, -0.15) is 0 Å². The van der Waals surface area contributed by atoms with Gasteiger partial charge in [-0.25, -0.2) is 8.78 Å². The Morgan fingerprint density at radius 2 is 1.50 bits per heavy atom. The lowest BCUT2D eigenvalue weighted by Gasteiger charge is -2.39. The number of likely N-dealkylation sites (tertiary alicyclic amines) is 1. The Labute approximate surface area is 193 Å². The van der Waals surface area contributed by atoms with Gasteiger partial charge < -0.3 is 4.90 Å². The molecule has 32 heavy (non-hydrogen) atoms. The van der Waals surface area contributed by atoms with Crippen molar-refractivity contribution in [2.24, 2.45) is 5.92 Å². The van der Waals surface area contributed by atoms with Gasteiger partial charge in [-0.05, 0) is 93.9 Å². The molecule has 2 aromatic rings. The number of benzene rings is 2. The summed E-state index contributed by atoms with van der Waals surface area (Å²) >= 11 is 0. The number of hydrogen-bond donors (Lipinski definition) is 0. The minimum atomic E-state index is -0.431. The Hall–Kier alpha value is -1.78. The van der Waals surface area contributed by atoms with Crippen LogP contribution in [0.5, 0.6) is 0 Å². The zero-order valence-electron chi connectivity index (χ0n) is 20.3. The van der Waals surface area contributed by atoms with Crippen LogP contribution in [0.1, 0.15) is 67.8 Å². The van der Waals surface area contributed by atoms with Crippen LogP contribution in [-0.4, -0.2) is 42.5 Å². The highest BCUT2D eigenvalue weighted by Crippen LogP contribution is 2.30. The van der Waals surface area contributed by atoms with Crippen molar-refractivity contribution < 1.29 is 8.78 Å². The van der Waals surface area contributed by atoms with Crippen molar-refractivity contribution in [1.29, 1.82) is 0 Å². The van der Waals surface area contributed by atoms with Crippen LogP contribution in [0.2, 0.25) is 0 Å². The molecule has 0 radical (unpaired) electrons. The second kappa shape index (κ2) is 11.9. The van der Waals surface area contributed by atoms with Gasteiger partial charge in [0.25, 0.3) is 0 Å². The highest BCUT2D eigenvalue weighted by molar-refractivity contribution is 5.36. The first-order chi connectivity index (χ1) is 15.4. The van der Waals surface area contributed by atoms with E-state index in [1.165, 1.54) is 54.2 Å². The second-order valence-corrected chi connectivity index (χ2v) is 9.88. The van der Waals surface area contributed by atoms with Crippen molar-refractivity contribution in [3.63, 3.8) is 0 Å². The lowest BCUT2D eigenvalue weighted by atomic mass is 9.93. The van der Waals surface area contributed by atoms with Crippen LogP contribution in [0.4, 0.5) is 8.78 Å². The fourth-order valence-electron chi connectivity index (χ4n) is 5.20. The maximum atomic E-state index is 14.2. The van der Waals surface area contributed by atoms with E-state index in [0.717, 1.165) is 39.1 Å². The maximum absolute atomic E-state index is 14.2. The molecule has 1 unspecified atom stereocenters. The van der Waals surface area contributed by atoms with Gasteiger partial charge >= 0.3 is 0 Å². The molecule has 1 aliphatic heterocycles. The Balaban J connectivity index is 1.84. The summed E-state index contributed by atoms with van der Waals surface area (Å²) in [5.41, 5.74) is 4.31. The quantitative estimate of drug-likeness (QED) is 0.404. The summed E-state index contributed by atoms with van der Waals surface area (Å²) in [6, 6.07) is 11.0. The molecule has 1 saturated heterocycles. The second-order valence-electron chi connectivity index (χ2n) is 9.88. The molecule has 2 nitrogen and oxygen atoms in total. The summed E-state index contributed by atoms with van der Waals surface area (Å²) in [5.74, 6) is -0.339. The molecule has 2 aromatic carbocycles. The van der Waals surface area contributed by atoms with E-state index in [1.54, 1.807) is 0 Å². The Morgan fingerprint density at radius 1 is 0.906 bits per heavy atom. The fourth-order valence-corrected chi connectivity index (χ4v) is 5.20. The van der Waals surface area contributed by atoms with E-state index < -0.39 is 11.6 Å². The largest absolute Gasteiger partial charge is 0.301 e. The van der Waals surface area contributed by atoms with Crippen molar-refractivity contribution in [3.8, 4) is 0 Å². The smallest absolute Gasteiger partial charge is 0.129 e. The molecule has 0 saturated carbocycles. The van der Waals surface area contributed by atoms with Crippen molar-refractivity contribution in [2.75, 3.05) is 32.7 Å². The van der Waals surface area contributed by atoms with Gasteiger partial charge in [-0.3, -0.25) is 4.90 Å². The van der Waals surface area contributed by atoms with Crippen molar-refractivity contribution in [1.82, 2.24) is 9.80 Å². The number of piperidine rings is 1. The molecule has 0 aliphatic carbocycles. The van der Waals surface area contributed by atoms with Crippen LogP contribution in [0.3, 0.4) is 0 Å². The van der Waals surface area contributed by atoms with Crippen molar-refractivity contribution >= 4 is 0 Å². The molecule has 176 valence electrons. The fraction of sp³-hybridized carbons (Fsp3) is 0.571. The van der Waals surface area contributed by atoms with Gasteiger partial charge in [-0.15, -0.1) is 0 Å². The van der Waals surface area contributed by atoms with E-state index >= 15 is 0 Å². The van der Waals surface area contributed by atoms with E-state index in [9.17, 15) is 8.78 Å². The Bertz CT molecular complexity index is 818. The van der Waals surface area contributed by atoms with Crippen molar-refractivity contribution in [2.45, 2.75) is 65.8 Å². The zero-order chi connectivity index (χ0) is 23.1. The standard InChI is InChI=1S/C28H40F2N2/c1-21(2)19-32(18-10-13-24-25(29)14-9-15-26(24)30)27(20-31-16-6-5-7-17-31)28-22(3)11-8-12-23(28)4/h8-9,11-12,14-15,21,27H,5-7,10,13,16-20H2,1-4H3. The predicted octanol–water partition coefficient (Wildman–Crippen LogP) is 6.70. The normalized spacial score (nSPS) is 16.1. The Kier molecular flexibility index (Phi) is 9.24. The van der Waals surface area contributed by atoms with E-state index in [0.29, 0.717) is 18.4 Å². The number of hydrogen-bond acceptors (Lipinski definition) is 2. The summed E-state index contributed by atoms with van der Waals surface area (Å²) in [5, 5.41) is 0. The summed E-state index contributed by atoms with van der Waals surface area (Å²) in [4.78, 5) is 5.19. The first-order valence-corrected chi connectivity index (χ1v) is 12.3. The molecule has 4 heteroatoms. The average molecular weight is 443 g/mol. The topological polar surface area (TPSA) is 6.48 Å².